The van der Waals surface area contributed by atoms with Crippen molar-refractivity contribution in [2.75, 3.05) is 39.6 Å². The standard InChI is InChI=1S/C27H21Si3.3C4H8O.3Li/c1-4-28(25-16-10-7-11-17-25)22-29(5-2,26-18-12-8-13-19-26)24-30(6-3,23-28)27-20-14-9-15-21-27;3*1-2-4-5-3-1;;;/h7-21H,22-24H2;3*1-4H2;;;/q-3;;;;3*+1. The van der Waals surface area contributed by atoms with Crippen molar-refractivity contribution in [2.24, 2.45) is 0 Å². The van der Waals surface area contributed by atoms with Gasteiger partial charge >= 0.3 is 56.6 Å². The molecule has 0 aromatic heterocycles. The molecule has 4 heterocycles. The Morgan fingerprint density at radius 2 is 0.583 bits per heavy atom. The summed E-state index contributed by atoms with van der Waals surface area (Å²) in [6.45, 7) is 6.00. The van der Waals surface area contributed by atoms with Crippen LogP contribution in [0.5, 0.6) is 0 Å². The Bertz CT molecular complexity index is 1210. The molecule has 4 aliphatic heterocycles. The van der Waals surface area contributed by atoms with Crippen LogP contribution < -0.4 is 72.1 Å². The second-order valence-electron chi connectivity index (χ2n) is 12.2. The predicted octanol–water partition coefficient (Wildman–Crippen LogP) is -3.53. The van der Waals surface area contributed by atoms with E-state index in [0.717, 1.165) is 56.6 Å². The Morgan fingerprint density at radius 1 is 0.375 bits per heavy atom. The average molecular weight is 667 g/mol. The fourth-order valence-electron chi connectivity index (χ4n) is 6.63. The fourth-order valence-corrected chi connectivity index (χ4v) is 33.8. The van der Waals surface area contributed by atoms with E-state index in [-0.39, 0.29) is 56.6 Å². The normalized spacial score (nSPS) is 24.9. The minimum atomic E-state index is -2.54. The number of ether oxygens (including phenoxy) is 3. The van der Waals surface area contributed by atoms with E-state index in [1.807, 2.05) is 54.6 Å². The van der Waals surface area contributed by atoms with Gasteiger partial charge in [-0.3, -0.25) is 0 Å². The molecule has 4 saturated heterocycles. The Hall–Kier alpha value is -1.34. The minimum Gasteiger partial charge on any atom is -0.700 e. The van der Waals surface area contributed by atoms with Crippen molar-refractivity contribution < 1.29 is 70.8 Å². The first-order valence-electron chi connectivity index (χ1n) is 16.3. The molecule has 9 heteroatoms. The van der Waals surface area contributed by atoms with Crippen molar-refractivity contribution in [1.82, 2.24) is 0 Å². The van der Waals surface area contributed by atoms with E-state index in [4.69, 9.17) is 33.5 Å². The molecule has 4 aliphatic rings. The zero-order chi connectivity index (χ0) is 31.7. The van der Waals surface area contributed by atoms with Crippen LogP contribution in [0.2, 0.25) is 17.0 Å². The third kappa shape index (κ3) is 12.5. The molecular weight excluding hydrogens is 622 g/mol. The van der Waals surface area contributed by atoms with E-state index >= 15 is 0 Å². The van der Waals surface area contributed by atoms with Crippen LogP contribution in [0.15, 0.2) is 91.0 Å². The van der Waals surface area contributed by atoms with Crippen LogP contribution in [0, 0.1) is 35.9 Å². The van der Waals surface area contributed by atoms with Gasteiger partial charge in [0.15, 0.2) is 0 Å². The maximum Gasteiger partial charge on any atom is 1.00 e. The maximum atomic E-state index is 8.49. The van der Waals surface area contributed by atoms with Gasteiger partial charge in [0, 0.05) is 39.6 Å². The van der Waals surface area contributed by atoms with Gasteiger partial charge in [-0.05, 0) is 71.1 Å². The molecule has 0 radical (unpaired) electrons. The summed E-state index contributed by atoms with van der Waals surface area (Å²) < 4.78 is 14.8. The molecule has 0 aliphatic carbocycles. The summed E-state index contributed by atoms with van der Waals surface area (Å²) >= 11 is 0. The zero-order valence-electron chi connectivity index (χ0n) is 29.5. The first kappa shape index (κ1) is 44.7. The van der Waals surface area contributed by atoms with E-state index in [1.54, 1.807) is 0 Å². The topological polar surface area (TPSA) is 27.7 Å². The van der Waals surface area contributed by atoms with Crippen LogP contribution in [-0.4, -0.2) is 63.9 Å². The monoisotopic (exact) mass is 666 g/mol. The molecule has 0 atom stereocenters. The summed E-state index contributed by atoms with van der Waals surface area (Å²) in [7, 11) is -7.61. The van der Waals surface area contributed by atoms with Crippen LogP contribution in [0.3, 0.4) is 0 Å². The summed E-state index contributed by atoms with van der Waals surface area (Å²) in [5, 5.41) is 3.56. The quantitative estimate of drug-likeness (QED) is 0.165. The van der Waals surface area contributed by atoms with Gasteiger partial charge in [0.05, 0.1) is 0 Å². The molecule has 48 heavy (non-hydrogen) atoms. The second-order valence-corrected chi connectivity index (χ2v) is 25.4. The molecule has 234 valence electrons. The minimum absolute atomic E-state index is 0. The van der Waals surface area contributed by atoms with Crippen molar-refractivity contribution in [3.8, 4) is 16.6 Å². The van der Waals surface area contributed by atoms with Crippen molar-refractivity contribution in [1.29, 1.82) is 0 Å². The first-order chi connectivity index (χ1) is 22.1. The SMILES string of the molecule is C1CCOC1.C1CCOC1.C1CCOC1.[C-]#C[Si]1(c2ccccc2)C[Si](C#[C-])(c2ccccc2)C[Si](C#[C-])(c2ccccc2)C1.[Li+].[Li+].[Li+]. The molecule has 3 aromatic carbocycles. The van der Waals surface area contributed by atoms with Crippen molar-refractivity contribution >= 4 is 39.8 Å². The van der Waals surface area contributed by atoms with E-state index in [1.165, 1.54) is 54.1 Å². The Morgan fingerprint density at radius 3 is 0.729 bits per heavy atom. The van der Waals surface area contributed by atoms with Gasteiger partial charge in [-0.25, -0.2) is 0 Å². The van der Waals surface area contributed by atoms with Gasteiger partial charge in [-0.1, -0.05) is 91.0 Å². The van der Waals surface area contributed by atoms with Crippen LogP contribution in [0.1, 0.15) is 38.5 Å². The second kappa shape index (κ2) is 24.0. The smallest absolute Gasteiger partial charge is 0.700 e. The first-order valence-corrected chi connectivity index (χ1v) is 23.6. The Balaban J connectivity index is 0.000000524. The molecule has 0 spiro atoms. The average Bonchev–Trinajstić information content (AvgIpc) is 3.97. The number of hydrogen-bond acceptors (Lipinski definition) is 3. The van der Waals surface area contributed by atoms with Crippen molar-refractivity contribution in [2.45, 2.75) is 55.5 Å². The van der Waals surface area contributed by atoms with Crippen LogP contribution >= 0.6 is 0 Å². The summed E-state index contributed by atoms with van der Waals surface area (Å²) in [5.41, 5.74) is 11.7. The Labute approximate surface area is 330 Å². The van der Waals surface area contributed by atoms with Gasteiger partial charge in [-0.15, -0.1) is 0 Å². The van der Waals surface area contributed by atoms with E-state index in [0.29, 0.717) is 0 Å². The van der Waals surface area contributed by atoms with Gasteiger partial charge in [-0.2, -0.15) is 0 Å². The summed E-state index contributed by atoms with van der Waals surface area (Å²) in [6.07, 6.45) is 33.1. The Kier molecular flexibility index (Phi) is 22.3. The summed E-state index contributed by atoms with van der Waals surface area (Å²) in [4.78, 5) is 0. The number of rotatable bonds is 3. The fraction of sp³-hybridized carbons (Fsp3) is 0.385. The van der Waals surface area contributed by atoms with Crippen molar-refractivity contribution in [3.63, 3.8) is 0 Å². The van der Waals surface area contributed by atoms with Gasteiger partial charge < -0.3 is 50.1 Å². The molecule has 3 aromatic rings. The van der Waals surface area contributed by atoms with Crippen molar-refractivity contribution in [3.05, 3.63) is 110 Å². The predicted molar refractivity (Wildman–Crippen MR) is 191 cm³/mol. The van der Waals surface area contributed by atoms with Gasteiger partial charge in [0.25, 0.3) is 0 Å². The number of benzene rings is 3. The van der Waals surface area contributed by atoms with E-state index in [2.05, 4.69) is 53.0 Å². The van der Waals surface area contributed by atoms with Gasteiger partial charge in [0.1, 0.15) is 24.2 Å². The molecule has 0 bridgehead atoms. The third-order valence-corrected chi connectivity index (χ3v) is 29.2. The molecule has 4 fully saturated rings. The third-order valence-electron chi connectivity index (χ3n) is 8.99. The van der Waals surface area contributed by atoms with Crippen LogP contribution in [-0.2, 0) is 14.2 Å². The van der Waals surface area contributed by atoms with E-state index in [9.17, 15) is 0 Å². The molecule has 0 amide bonds. The molecule has 0 saturated carbocycles. The molecule has 0 N–H and O–H groups in total. The number of hydrogen-bond donors (Lipinski definition) is 0. The molecule has 0 unspecified atom stereocenters. The van der Waals surface area contributed by atoms with Crippen LogP contribution in [0.25, 0.3) is 0 Å². The molecular formula is C39H45Li3O3Si3. The van der Waals surface area contributed by atoms with Crippen LogP contribution in [0.4, 0.5) is 0 Å². The largest absolute Gasteiger partial charge is 1.00 e. The maximum absolute atomic E-state index is 8.49. The summed E-state index contributed by atoms with van der Waals surface area (Å²) in [5.74, 6) is 0. The van der Waals surface area contributed by atoms with E-state index < -0.39 is 24.2 Å². The molecule has 7 rings (SSSR count). The zero-order valence-corrected chi connectivity index (χ0v) is 32.5. The molecule has 3 nitrogen and oxygen atoms in total. The summed E-state index contributed by atoms with van der Waals surface area (Å²) in [6, 6.07) is 31.0. The van der Waals surface area contributed by atoms with Gasteiger partial charge in [0.2, 0.25) is 0 Å².